The van der Waals surface area contributed by atoms with Crippen molar-refractivity contribution in [2.45, 2.75) is 46.6 Å². The lowest BCUT2D eigenvalue weighted by Gasteiger charge is -2.12. The third kappa shape index (κ3) is 7.60. The molecule has 0 aromatic rings. The summed E-state index contributed by atoms with van der Waals surface area (Å²) in [5.74, 6) is 0. The molecule has 0 spiro atoms. The molecule has 0 heterocycles. The number of aliphatic hydroxyl groups excluding tert-OH is 1. The normalized spacial score (nSPS) is 15.7. The maximum absolute atomic E-state index is 9.33. The molecule has 1 heteroatoms. The molecule has 0 aliphatic heterocycles. The fourth-order valence-electron chi connectivity index (χ4n) is 0.792. The molecule has 0 rings (SSSR count). The fourth-order valence-corrected chi connectivity index (χ4v) is 0.792. The summed E-state index contributed by atoms with van der Waals surface area (Å²) >= 11 is 0. The summed E-state index contributed by atoms with van der Waals surface area (Å²) in [6, 6.07) is 0. The Morgan fingerprint density at radius 2 is 1.91 bits per heavy atom. The van der Waals surface area contributed by atoms with Crippen LogP contribution in [-0.2, 0) is 0 Å². The first-order chi connectivity index (χ1) is 4.95. The van der Waals surface area contributed by atoms with Gasteiger partial charge in [-0.1, -0.05) is 46.3 Å². The lowest BCUT2D eigenvalue weighted by molar-refractivity contribution is 0.210. The maximum atomic E-state index is 9.33. The van der Waals surface area contributed by atoms with Gasteiger partial charge in [-0.05, 0) is 11.8 Å². The topological polar surface area (TPSA) is 20.2 Å². The molecule has 66 valence electrons. The molecule has 0 aliphatic carbocycles. The van der Waals surface area contributed by atoms with Gasteiger partial charge in [-0.3, -0.25) is 0 Å². The van der Waals surface area contributed by atoms with Gasteiger partial charge in [0.1, 0.15) is 0 Å². The molecule has 0 saturated heterocycles. The SMILES string of the molecule is CCCC(O)/C=C/C(C)(C)C. The van der Waals surface area contributed by atoms with Crippen LogP contribution in [0.4, 0.5) is 0 Å². The average molecular weight is 156 g/mol. The van der Waals surface area contributed by atoms with E-state index in [2.05, 4.69) is 33.8 Å². The van der Waals surface area contributed by atoms with Gasteiger partial charge in [0.25, 0.3) is 0 Å². The molecular weight excluding hydrogens is 136 g/mol. The second-order valence-corrected chi connectivity index (χ2v) is 4.08. The highest BCUT2D eigenvalue weighted by Crippen LogP contribution is 2.15. The van der Waals surface area contributed by atoms with E-state index in [0.717, 1.165) is 12.8 Å². The minimum absolute atomic E-state index is 0.189. The number of hydrogen-bond acceptors (Lipinski definition) is 1. The highest BCUT2D eigenvalue weighted by atomic mass is 16.3. The molecule has 0 aromatic carbocycles. The molecule has 0 amide bonds. The van der Waals surface area contributed by atoms with Gasteiger partial charge >= 0.3 is 0 Å². The van der Waals surface area contributed by atoms with Crippen LogP contribution in [0.25, 0.3) is 0 Å². The van der Waals surface area contributed by atoms with Crippen LogP contribution in [0.2, 0.25) is 0 Å². The largest absolute Gasteiger partial charge is 0.389 e. The van der Waals surface area contributed by atoms with E-state index in [-0.39, 0.29) is 11.5 Å². The van der Waals surface area contributed by atoms with E-state index in [4.69, 9.17) is 0 Å². The van der Waals surface area contributed by atoms with Gasteiger partial charge in [0.05, 0.1) is 6.10 Å². The van der Waals surface area contributed by atoms with Crippen molar-refractivity contribution in [3.8, 4) is 0 Å². The summed E-state index contributed by atoms with van der Waals surface area (Å²) in [6.45, 7) is 8.46. The summed E-state index contributed by atoms with van der Waals surface area (Å²) in [5, 5.41) is 9.33. The number of allylic oxidation sites excluding steroid dienone is 1. The van der Waals surface area contributed by atoms with Crippen molar-refractivity contribution in [1.29, 1.82) is 0 Å². The van der Waals surface area contributed by atoms with Crippen molar-refractivity contribution in [3.05, 3.63) is 12.2 Å². The quantitative estimate of drug-likeness (QED) is 0.623. The Morgan fingerprint density at radius 3 is 2.27 bits per heavy atom. The second kappa shape index (κ2) is 4.55. The maximum Gasteiger partial charge on any atom is 0.0721 e. The Kier molecular flexibility index (Phi) is 4.43. The van der Waals surface area contributed by atoms with E-state index < -0.39 is 0 Å². The number of hydrogen-bond donors (Lipinski definition) is 1. The van der Waals surface area contributed by atoms with Gasteiger partial charge in [0, 0.05) is 0 Å². The molecule has 0 radical (unpaired) electrons. The lowest BCUT2D eigenvalue weighted by Crippen LogP contribution is -2.05. The summed E-state index contributed by atoms with van der Waals surface area (Å²) in [6.07, 6.45) is 5.61. The lowest BCUT2D eigenvalue weighted by atomic mass is 9.95. The molecule has 0 aromatic heterocycles. The summed E-state index contributed by atoms with van der Waals surface area (Å²) in [5.41, 5.74) is 0.189. The highest BCUT2D eigenvalue weighted by Gasteiger charge is 2.05. The van der Waals surface area contributed by atoms with E-state index >= 15 is 0 Å². The molecular formula is C10H20O. The van der Waals surface area contributed by atoms with E-state index in [1.165, 1.54) is 0 Å². The molecule has 1 unspecified atom stereocenters. The zero-order valence-corrected chi connectivity index (χ0v) is 8.09. The standard InChI is InChI=1S/C10H20O/c1-5-6-9(11)7-8-10(2,3)4/h7-9,11H,5-6H2,1-4H3/b8-7+. The molecule has 1 atom stereocenters. The third-order valence-electron chi connectivity index (χ3n) is 1.40. The van der Waals surface area contributed by atoms with Crippen molar-refractivity contribution in [2.75, 3.05) is 0 Å². The molecule has 11 heavy (non-hydrogen) atoms. The molecule has 1 N–H and O–H groups in total. The van der Waals surface area contributed by atoms with Crippen molar-refractivity contribution < 1.29 is 5.11 Å². The first-order valence-electron chi connectivity index (χ1n) is 4.33. The van der Waals surface area contributed by atoms with E-state index in [9.17, 15) is 5.11 Å². The number of rotatable bonds is 3. The van der Waals surface area contributed by atoms with Crippen LogP contribution in [0.5, 0.6) is 0 Å². The molecule has 0 saturated carbocycles. The predicted molar refractivity (Wildman–Crippen MR) is 49.5 cm³/mol. The Hall–Kier alpha value is -0.300. The smallest absolute Gasteiger partial charge is 0.0721 e. The van der Waals surface area contributed by atoms with Gasteiger partial charge in [0.2, 0.25) is 0 Å². The zero-order valence-electron chi connectivity index (χ0n) is 8.09. The molecule has 0 bridgehead atoms. The summed E-state index contributed by atoms with van der Waals surface area (Å²) < 4.78 is 0. The molecule has 0 aliphatic rings. The number of aliphatic hydroxyl groups is 1. The minimum Gasteiger partial charge on any atom is -0.389 e. The highest BCUT2D eigenvalue weighted by molar-refractivity contribution is 4.95. The molecule has 1 nitrogen and oxygen atoms in total. The van der Waals surface area contributed by atoms with Crippen LogP contribution in [0, 0.1) is 5.41 Å². The first-order valence-corrected chi connectivity index (χ1v) is 4.33. The predicted octanol–water partition coefficient (Wildman–Crippen LogP) is 2.75. The van der Waals surface area contributed by atoms with Crippen LogP contribution < -0.4 is 0 Å². The van der Waals surface area contributed by atoms with Crippen LogP contribution in [0.3, 0.4) is 0 Å². The fraction of sp³-hybridized carbons (Fsp3) is 0.800. The van der Waals surface area contributed by atoms with E-state index in [1.807, 2.05) is 6.08 Å². The zero-order chi connectivity index (χ0) is 8.91. The van der Waals surface area contributed by atoms with Crippen molar-refractivity contribution in [1.82, 2.24) is 0 Å². The van der Waals surface area contributed by atoms with Crippen LogP contribution in [-0.4, -0.2) is 11.2 Å². The Morgan fingerprint density at radius 1 is 1.36 bits per heavy atom. The van der Waals surface area contributed by atoms with Crippen LogP contribution in [0.15, 0.2) is 12.2 Å². The van der Waals surface area contributed by atoms with Gasteiger partial charge in [-0.15, -0.1) is 0 Å². The van der Waals surface area contributed by atoms with Gasteiger partial charge in [0.15, 0.2) is 0 Å². The van der Waals surface area contributed by atoms with E-state index in [1.54, 1.807) is 0 Å². The van der Waals surface area contributed by atoms with Crippen LogP contribution >= 0.6 is 0 Å². The first kappa shape index (κ1) is 10.7. The van der Waals surface area contributed by atoms with Crippen molar-refractivity contribution in [3.63, 3.8) is 0 Å². The van der Waals surface area contributed by atoms with Crippen molar-refractivity contribution in [2.24, 2.45) is 5.41 Å². The van der Waals surface area contributed by atoms with Gasteiger partial charge in [-0.25, -0.2) is 0 Å². The minimum atomic E-state index is -0.251. The van der Waals surface area contributed by atoms with Gasteiger partial charge in [-0.2, -0.15) is 0 Å². The second-order valence-electron chi connectivity index (χ2n) is 4.08. The summed E-state index contributed by atoms with van der Waals surface area (Å²) in [7, 11) is 0. The van der Waals surface area contributed by atoms with E-state index in [0.29, 0.717) is 0 Å². The summed E-state index contributed by atoms with van der Waals surface area (Å²) in [4.78, 5) is 0. The third-order valence-corrected chi connectivity index (χ3v) is 1.40. The molecule has 0 fully saturated rings. The van der Waals surface area contributed by atoms with Crippen molar-refractivity contribution >= 4 is 0 Å². The Bertz CT molecular complexity index is 119. The Labute approximate surface area is 70.1 Å². The van der Waals surface area contributed by atoms with Crippen LogP contribution in [0.1, 0.15) is 40.5 Å². The van der Waals surface area contributed by atoms with Gasteiger partial charge < -0.3 is 5.11 Å². The monoisotopic (exact) mass is 156 g/mol. The Balaban J connectivity index is 3.73. The average Bonchev–Trinajstić information content (AvgIpc) is 1.83.